The van der Waals surface area contributed by atoms with Gasteiger partial charge in [0, 0.05) is 16.7 Å². The van der Waals surface area contributed by atoms with E-state index in [4.69, 9.17) is 31.1 Å². The van der Waals surface area contributed by atoms with Gasteiger partial charge in [0.1, 0.15) is 19.8 Å². The molecule has 0 radical (unpaired) electrons. The van der Waals surface area contributed by atoms with Gasteiger partial charge in [-0.3, -0.25) is 15.8 Å². The zero-order valence-electron chi connectivity index (χ0n) is 15.9. The van der Waals surface area contributed by atoms with E-state index < -0.39 is 17.9 Å². The third-order valence-electron chi connectivity index (χ3n) is 2.84. The molecule has 162 valence electrons. The van der Waals surface area contributed by atoms with Gasteiger partial charge in [-0.1, -0.05) is 0 Å². The highest BCUT2D eigenvalue weighted by atomic mass is 17.1. The molecule has 0 spiro atoms. The van der Waals surface area contributed by atoms with Gasteiger partial charge in [0.2, 0.25) is 0 Å². The predicted octanol–water partition coefficient (Wildman–Crippen LogP) is 1.91. The second-order valence-electron chi connectivity index (χ2n) is 4.96. The van der Waals surface area contributed by atoms with E-state index in [0.29, 0.717) is 5.57 Å². The lowest BCUT2D eigenvalue weighted by atomic mass is 10.2. The van der Waals surface area contributed by atoms with Crippen molar-refractivity contribution in [2.75, 3.05) is 19.8 Å². The lowest BCUT2D eigenvalue weighted by Gasteiger charge is -1.99. The molecule has 0 bridgehead atoms. The average molecular weight is 410 g/mol. The van der Waals surface area contributed by atoms with Gasteiger partial charge in [0.25, 0.3) is 0 Å². The van der Waals surface area contributed by atoms with Crippen molar-refractivity contribution >= 4 is 17.9 Å². The highest BCUT2D eigenvalue weighted by Gasteiger charge is 2.04. The standard InChI is InChI=1S/C6H10O4.2C5H8O4/c1-4(3-10-9)5(2)6(7)8;2*1-4(5(6)7)2-3-9-8/h9H,3H2,1-2H3,(H,7,8);2*2,8H,3H2,1H3,(H,6,7)/b5-4-;2*4-2-. The zero-order chi connectivity index (χ0) is 22.7. The summed E-state index contributed by atoms with van der Waals surface area (Å²) in [5.74, 6) is -3.01. The maximum absolute atomic E-state index is 10.2. The van der Waals surface area contributed by atoms with E-state index in [0.717, 1.165) is 0 Å². The summed E-state index contributed by atoms with van der Waals surface area (Å²) in [7, 11) is 0. The second-order valence-corrected chi connectivity index (χ2v) is 4.96. The van der Waals surface area contributed by atoms with Crippen molar-refractivity contribution < 1.29 is 60.1 Å². The van der Waals surface area contributed by atoms with Crippen LogP contribution in [-0.2, 0) is 29.0 Å². The first kappa shape index (κ1) is 30.1. The van der Waals surface area contributed by atoms with Crippen molar-refractivity contribution in [2.24, 2.45) is 0 Å². The van der Waals surface area contributed by atoms with Crippen LogP contribution in [0.3, 0.4) is 0 Å². The van der Waals surface area contributed by atoms with Crippen LogP contribution in [0.1, 0.15) is 27.7 Å². The fourth-order valence-electron chi connectivity index (χ4n) is 0.887. The SMILES string of the molecule is C/C(=C/COO)C(=O)O.C/C(=C/COO)C(=O)O.C/C(COO)=C(\C)C(=O)O. The smallest absolute Gasteiger partial charge is 0.331 e. The third-order valence-corrected chi connectivity index (χ3v) is 2.84. The normalized spacial score (nSPS) is 12.0. The molecule has 0 amide bonds. The first-order valence-corrected chi connectivity index (χ1v) is 7.44. The summed E-state index contributed by atoms with van der Waals surface area (Å²) in [6, 6.07) is 0. The number of carbonyl (C=O) groups is 3. The van der Waals surface area contributed by atoms with Gasteiger partial charge in [-0.15, -0.1) is 0 Å². The quantitative estimate of drug-likeness (QED) is 0.183. The molecule has 0 aliphatic carbocycles. The molecule has 0 aliphatic heterocycles. The predicted molar refractivity (Wildman–Crippen MR) is 94.5 cm³/mol. The van der Waals surface area contributed by atoms with Crippen molar-refractivity contribution in [3.05, 3.63) is 34.4 Å². The van der Waals surface area contributed by atoms with E-state index in [1.54, 1.807) is 6.92 Å². The molecule has 0 aromatic carbocycles. The summed E-state index contributed by atoms with van der Waals surface area (Å²) in [4.78, 5) is 41.2. The van der Waals surface area contributed by atoms with Gasteiger partial charge in [-0.25, -0.2) is 29.0 Å². The van der Waals surface area contributed by atoms with Gasteiger partial charge in [0.15, 0.2) is 0 Å². The molecular weight excluding hydrogens is 384 g/mol. The van der Waals surface area contributed by atoms with E-state index in [2.05, 4.69) is 14.7 Å². The fourth-order valence-corrected chi connectivity index (χ4v) is 0.887. The highest BCUT2D eigenvalue weighted by molar-refractivity contribution is 5.87. The van der Waals surface area contributed by atoms with Crippen LogP contribution < -0.4 is 0 Å². The van der Waals surface area contributed by atoms with Crippen LogP contribution in [-0.4, -0.2) is 68.8 Å². The Balaban J connectivity index is -0.000000336. The van der Waals surface area contributed by atoms with Crippen LogP contribution in [0, 0.1) is 0 Å². The monoisotopic (exact) mass is 410 g/mol. The molecule has 12 nitrogen and oxygen atoms in total. The first-order chi connectivity index (χ1) is 13.0. The Bertz CT molecular complexity index is 542. The molecule has 12 heteroatoms. The Labute approximate surface area is 161 Å². The summed E-state index contributed by atoms with van der Waals surface area (Å²) in [5.41, 5.74) is 1.03. The van der Waals surface area contributed by atoms with Gasteiger partial charge in [-0.05, 0) is 45.4 Å². The number of aliphatic carboxylic acids is 3. The van der Waals surface area contributed by atoms with Gasteiger partial charge in [-0.2, -0.15) is 0 Å². The fraction of sp³-hybridized carbons (Fsp3) is 0.438. The van der Waals surface area contributed by atoms with Crippen molar-refractivity contribution in [3.8, 4) is 0 Å². The maximum Gasteiger partial charge on any atom is 0.331 e. The molecule has 0 heterocycles. The molecule has 0 fully saturated rings. The minimum absolute atomic E-state index is 0.0574. The third kappa shape index (κ3) is 19.7. The molecule has 0 saturated carbocycles. The van der Waals surface area contributed by atoms with Crippen LogP contribution >= 0.6 is 0 Å². The number of carboxylic acid groups (broad SMARTS) is 3. The van der Waals surface area contributed by atoms with Crippen LogP contribution in [0.5, 0.6) is 0 Å². The second kappa shape index (κ2) is 19.2. The molecule has 0 rings (SSSR count). The Kier molecular flexibility index (Phi) is 20.6. The van der Waals surface area contributed by atoms with E-state index in [1.807, 2.05) is 0 Å². The van der Waals surface area contributed by atoms with Crippen molar-refractivity contribution in [1.82, 2.24) is 0 Å². The molecule has 28 heavy (non-hydrogen) atoms. The molecule has 0 aliphatic rings. The van der Waals surface area contributed by atoms with Crippen LogP contribution in [0.25, 0.3) is 0 Å². The van der Waals surface area contributed by atoms with Crippen molar-refractivity contribution in [3.63, 3.8) is 0 Å². The lowest BCUT2D eigenvalue weighted by molar-refractivity contribution is -0.234. The van der Waals surface area contributed by atoms with Crippen LogP contribution in [0.2, 0.25) is 0 Å². The Morgan fingerprint density at radius 2 is 1.04 bits per heavy atom. The number of hydrogen-bond donors (Lipinski definition) is 6. The van der Waals surface area contributed by atoms with Gasteiger partial charge in [0.05, 0.1) is 0 Å². The van der Waals surface area contributed by atoms with Crippen LogP contribution in [0.15, 0.2) is 34.4 Å². The van der Waals surface area contributed by atoms with E-state index in [1.165, 1.54) is 32.9 Å². The summed E-state index contributed by atoms with van der Waals surface area (Å²) in [5, 5.41) is 48.2. The summed E-state index contributed by atoms with van der Waals surface area (Å²) in [6.07, 6.45) is 2.53. The summed E-state index contributed by atoms with van der Waals surface area (Å²) < 4.78 is 0. The molecule has 0 saturated heterocycles. The molecule has 0 aromatic rings. The summed E-state index contributed by atoms with van der Waals surface area (Å²) in [6.45, 7) is 5.65. The minimum atomic E-state index is -1.01. The number of hydrogen-bond acceptors (Lipinski definition) is 9. The average Bonchev–Trinajstić information content (AvgIpc) is 2.64. The number of rotatable bonds is 9. The Morgan fingerprint density at radius 3 is 1.25 bits per heavy atom. The minimum Gasteiger partial charge on any atom is -0.478 e. The molecular formula is C16H26O12. The van der Waals surface area contributed by atoms with Crippen LogP contribution in [0.4, 0.5) is 0 Å². The topological polar surface area (TPSA) is 200 Å². The van der Waals surface area contributed by atoms with Gasteiger partial charge < -0.3 is 15.3 Å². The molecule has 0 atom stereocenters. The van der Waals surface area contributed by atoms with E-state index in [-0.39, 0.29) is 36.5 Å². The van der Waals surface area contributed by atoms with Gasteiger partial charge >= 0.3 is 17.9 Å². The van der Waals surface area contributed by atoms with Crippen molar-refractivity contribution in [1.29, 1.82) is 0 Å². The molecule has 6 N–H and O–H groups in total. The zero-order valence-corrected chi connectivity index (χ0v) is 15.9. The molecule has 0 unspecified atom stereocenters. The first-order valence-electron chi connectivity index (χ1n) is 7.44. The maximum atomic E-state index is 10.2. The van der Waals surface area contributed by atoms with E-state index in [9.17, 15) is 14.4 Å². The summed E-state index contributed by atoms with van der Waals surface area (Å²) >= 11 is 0. The van der Waals surface area contributed by atoms with E-state index >= 15 is 0 Å². The number of carboxylic acids is 3. The highest BCUT2D eigenvalue weighted by Crippen LogP contribution is 2.02. The lowest BCUT2D eigenvalue weighted by Crippen LogP contribution is -2.03. The van der Waals surface area contributed by atoms with Crippen molar-refractivity contribution in [2.45, 2.75) is 27.7 Å². The Hall–Kier alpha value is -2.61. The largest absolute Gasteiger partial charge is 0.478 e. The Morgan fingerprint density at radius 1 is 0.679 bits per heavy atom. The molecule has 0 aromatic heterocycles.